The molecule has 2 aromatic rings. The number of para-hydroxylation sites is 2. The first-order valence-electron chi connectivity index (χ1n) is 7.39. The van der Waals surface area contributed by atoms with Crippen molar-refractivity contribution in [1.82, 2.24) is 0 Å². The third-order valence-corrected chi connectivity index (χ3v) is 3.71. The molecule has 0 bridgehead atoms. The van der Waals surface area contributed by atoms with Crippen LogP contribution in [0, 0.1) is 0 Å². The monoisotopic (exact) mass is 352 g/mol. The maximum Gasteiger partial charge on any atom is 0.288 e. The van der Waals surface area contributed by atoms with E-state index < -0.39 is 5.76 Å². The Kier molecular flexibility index (Phi) is 6.87. The van der Waals surface area contributed by atoms with Crippen LogP contribution in [0.2, 0.25) is 0 Å². The lowest BCUT2D eigenvalue weighted by Gasteiger charge is -2.12. The summed E-state index contributed by atoms with van der Waals surface area (Å²) in [7, 11) is 0. The summed E-state index contributed by atoms with van der Waals surface area (Å²) in [4.78, 5) is 12.4. The smallest absolute Gasteiger partial charge is 0.288 e. The van der Waals surface area contributed by atoms with Gasteiger partial charge >= 0.3 is 0 Å². The Morgan fingerprint density at radius 1 is 1.17 bits per heavy atom. The van der Waals surface area contributed by atoms with E-state index in [0.717, 1.165) is 5.69 Å². The van der Waals surface area contributed by atoms with Crippen molar-refractivity contribution in [1.29, 1.82) is 0 Å². The van der Waals surface area contributed by atoms with Gasteiger partial charge in [0, 0.05) is 10.6 Å². The Bertz CT molecular complexity index is 666. The average Bonchev–Trinajstić information content (AvgIpc) is 2.56. The molecule has 128 valence electrons. The maximum absolute atomic E-state index is 12.3. The summed E-state index contributed by atoms with van der Waals surface area (Å²) >= 11 is 0.467. The SMILES string of the molecule is CCOc1ccccc1NCC(=O)Nc1ccc(SC(F)F)cc1. The molecule has 0 spiro atoms. The molecule has 0 aliphatic rings. The fourth-order valence-corrected chi connectivity index (χ4v) is 2.49. The van der Waals surface area contributed by atoms with Crippen LogP contribution < -0.4 is 15.4 Å². The number of benzene rings is 2. The zero-order valence-electron chi connectivity index (χ0n) is 13.1. The molecule has 0 aliphatic carbocycles. The van der Waals surface area contributed by atoms with Gasteiger partial charge in [-0.15, -0.1) is 0 Å². The molecule has 2 N–H and O–H groups in total. The van der Waals surface area contributed by atoms with Crippen molar-refractivity contribution >= 4 is 29.0 Å². The summed E-state index contributed by atoms with van der Waals surface area (Å²) in [5, 5.41) is 5.72. The van der Waals surface area contributed by atoms with Crippen LogP contribution in [0.25, 0.3) is 0 Å². The molecule has 2 rings (SSSR count). The van der Waals surface area contributed by atoms with Crippen LogP contribution in [0.4, 0.5) is 20.2 Å². The minimum Gasteiger partial charge on any atom is -0.492 e. The van der Waals surface area contributed by atoms with Crippen molar-refractivity contribution in [2.75, 3.05) is 23.8 Å². The van der Waals surface area contributed by atoms with Gasteiger partial charge in [0.15, 0.2) is 0 Å². The van der Waals surface area contributed by atoms with Gasteiger partial charge in [-0.1, -0.05) is 23.9 Å². The van der Waals surface area contributed by atoms with Crippen LogP contribution >= 0.6 is 11.8 Å². The van der Waals surface area contributed by atoms with Gasteiger partial charge in [0.05, 0.1) is 18.8 Å². The van der Waals surface area contributed by atoms with E-state index >= 15 is 0 Å². The summed E-state index contributed by atoms with van der Waals surface area (Å²) in [6, 6.07) is 13.6. The van der Waals surface area contributed by atoms with Crippen molar-refractivity contribution in [2.24, 2.45) is 0 Å². The number of ether oxygens (including phenoxy) is 1. The molecule has 0 saturated heterocycles. The molecule has 7 heteroatoms. The molecule has 0 heterocycles. The summed E-state index contributed by atoms with van der Waals surface area (Å²) in [6.07, 6.45) is 0. The Morgan fingerprint density at radius 3 is 2.54 bits per heavy atom. The lowest BCUT2D eigenvalue weighted by Crippen LogP contribution is -2.22. The van der Waals surface area contributed by atoms with Gasteiger partial charge in [0.25, 0.3) is 5.76 Å². The molecule has 0 fully saturated rings. The highest BCUT2D eigenvalue weighted by atomic mass is 32.2. The topological polar surface area (TPSA) is 50.4 Å². The summed E-state index contributed by atoms with van der Waals surface area (Å²) in [6.45, 7) is 2.49. The number of nitrogens with one attached hydrogen (secondary N) is 2. The van der Waals surface area contributed by atoms with Crippen molar-refractivity contribution in [2.45, 2.75) is 17.6 Å². The minimum absolute atomic E-state index is 0.0671. The van der Waals surface area contributed by atoms with Gasteiger partial charge in [-0.25, -0.2) is 0 Å². The van der Waals surface area contributed by atoms with Crippen molar-refractivity contribution < 1.29 is 18.3 Å². The molecule has 0 atom stereocenters. The van der Waals surface area contributed by atoms with Crippen LogP contribution in [0.1, 0.15) is 6.92 Å². The zero-order chi connectivity index (χ0) is 17.4. The van der Waals surface area contributed by atoms with E-state index in [-0.39, 0.29) is 12.5 Å². The number of carbonyl (C=O) groups excluding carboxylic acids is 1. The van der Waals surface area contributed by atoms with Crippen LogP contribution in [0.15, 0.2) is 53.4 Å². The molecular formula is C17H18F2N2O2S. The molecule has 0 unspecified atom stereocenters. The predicted octanol–water partition coefficient (Wildman–Crippen LogP) is 4.45. The second-order valence-corrected chi connectivity index (χ2v) is 5.80. The van der Waals surface area contributed by atoms with E-state index in [1.165, 1.54) is 0 Å². The lowest BCUT2D eigenvalue weighted by molar-refractivity contribution is -0.114. The van der Waals surface area contributed by atoms with E-state index in [2.05, 4.69) is 10.6 Å². The van der Waals surface area contributed by atoms with E-state index in [0.29, 0.717) is 34.7 Å². The molecule has 0 radical (unpaired) electrons. The molecular weight excluding hydrogens is 334 g/mol. The summed E-state index contributed by atoms with van der Waals surface area (Å²) in [5.41, 5.74) is 1.29. The molecule has 0 aromatic heterocycles. The molecule has 1 amide bonds. The number of rotatable bonds is 8. The van der Waals surface area contributed by atoms with Crippen LogP contribution in [-0.4, -0.2) is 24.8 Å². The first kappa shape index (κ1) is 18.1. The number of alkyl halides is 2. The summed E-state index contributed by atoms with van der Waals surface area (Å²) in [5.74, 6) is -2.02. The van der Waals surface area contributed by atoms with E-state index in [1.54, 1.807) is 24.3 Å². The highest BCUT2D eigenvalue weighted by Crippen LogP contribution is 2.26. The summed E-state index contributed by atoms with van der Waals surface area (Å²) < 4.78 is 30.0. The number of hydrogen-bond donors (Lipinski definition) is 2. The Hall–Kier alpha value is -2.28. The van der Waals surface area contributed by atoms with Gasteiger partial charge in [-0.3, -0.25) is 4.79 Å². The third kappa shape index (κ3) is 5.73. The van der Waals surface area contributed by atoms with Gasteiger partial charge < -0.3 is 15.4 Å². The molecule has 24 heavy (non-hydrogen) atoms. The van der Waals surface area contributed by atoms with Crippen molar-refractivity contribution in [3.8, 4) is 5.75 Å². The minimum atomic E-state index is -2.46. The van der Waals surface area contributed by atoms with Crippen molar-refractivity contribution in [3.05, 3.63) is 48.5 Å². The number of carbonyl (C=O) groups is 1. The van der Waals surface area contributed by atoms with Gasteiger partial charge in [0.2, 0.25) is 5.91 Å². The Morgan fingerprint density at radius 2 is 1.88 bits per heavy atom. The van der Waals surface area contributed by atoms with Gasteiger partial charge in [-0.05, 0) is 43.3 Å². The first-order valence-corrected chi connectivity index (χ1v) is 8.27. The second-order valence-electron chi connectivity index (χ2n) is 4.73. The maximum atomic E-state index is 12.3. The second kappa shape index (κ2) is 9.12. The number of thioether (sulfide) groups is 1. The highest BCUT2D eigenvalue weighted by Gasteiger charge is 2.07. The third-order valence-electron chi connectivity index (χ3n) is 2.99. The fourth-order valence-electron chi connectivity index (χ4n) is 1.99. The molecule has 4 nitrogen and oxygen atoms in total. The lowest BCUT2D eigenvalue weighted by atomic mass is 10.3. The Labute approximate surface area is 143 Å². The van der Waals surface area contributed by atoms with E-state index in [4.69, 9.17) is 4.74 Å². The number of hydrogen-bond acceptors (Lipinski definition) is 4. The van der Waals surface area contributed by atoms with Crippen LogP contribution in [0.3, 0.4) is 0 Å². The largest absolute Gasteiger partial charge is 0.492 e. The zero-order valence-corrected chi connectivity index (χ0v) is 13.9. The standard InChI is InChI=1S/C17H18F2N2O2S/c1-2-23-15-6-4-3-5-14(15)20-11-16(22)21-12-7-9-13(10-8-12)24-17(18)19/h3-10,17,20H,2,11H2,1H3,(H,21,22). The van der Waals surface area contributed by atoms with Crippen LogP contribution in [-0.2, 0) is 4.79 Å². The highest BCUT2D eigenvalue weighted by molar-refractivity contribution is 7.99. The number of amides is 1. The van der Waals surface area contributed by atoms with E-state index in [1.807, 2.05) is 31.2 Å². The van der Waals surface area contributed by atoms with Gasteiger partial charge in [-0.2, -0.15) is 8.78 Å². The molecule has 0 saturated carbocycles. The number of halogens is 2. The molecule has 0 aliphatic heterocycles. The fraction of sp³-hybridized carbons (Fsp3) is 0.235. The predicted molar refractivity (Wildman–Crippen MR) is 93.0 cm³/mol. The van der Waals surface area contributed by atoms with Crippen LogP contribution in [0.5, 0.6) is 5.75 Å². The van der Waals surface area contributed by atoms with Crippen molar-refractivity contribution in [3.63, 3.8) is 0 Å². The normalized spacial score (nSPS) is 10.5. The Balaban J connectivity index is 1.87. The quantitative estimate of drug-likeness (QED) is 0.689. The van der Waals surface area contributed by atoms with Gasteiger partial charge in [0.1, 0.15) is 5.75 Å². The molecule has 2 aromatic carbocycles. The first-order chi connectivity index (χ1) is 11.6. The van der Waals surface area contributed by atoms with E-state index in [9.17, 15) is 13.6 Å². The number of anilines is 2. The average molecular weight is 352 g/mol.